The Morgan fingerprint density at radius 1 is 1.37 bits per heavy atom. The van der Waals surface area contributed by atoms with Gasteiger partial charge in [0.25, 0.3) is 0 Å². The second kappa shape index (κ2) is 6.63. The summed E-state index contributed by atoms with van der Waals surface area (Å²) in [5.41, 5.74) is 6.69. The van der Waals surface area contributed by atoms with Gasteiger partial charge < -0.3 is 10.5 Å². The Balaban J connectivity index is 1.95. The van der Waals surface area contributed by atoms with Crippen molar-refractivity contribution < 1.29 is 4.74 Å². The fourth-order valence-corrected chi connectivity index (χ4v) is 2.94. The summed E-state index contributed by atoms with van der Waals surface area (Å²) in [6.45, 7) is 2.67. The highest BCUT2D eigenvalue weighted by molar-refractivity contribution is 7.81. The Morgan fingerprint density at radius 3 is 2.68 bits per heavy atom. The highest BCUT2D eigenvalue weighted by Crippen LogP contribution is 2.20. The van der Waals surface area contributed by atoms with E-state index in [0.29, 0.717) is 11.6 Å². The van der Waals surface area contributed by atoms with Gasteiger partial charge in [0, 0.05) is 6.42 Å². The predicted molar refractivity (Wildman–Crippen MR) is 83.0 cm³/mol. The third-order valence-corrected chi connectivity index (χ3v) is 4.15. The van der Waals surface area contributed by atoms with Crippen molar-refractivity contribution in [2.75, 3.05) is 6.61 Å². The Bertz CT molecular complexity index is 552. The molecule has 1 aromatic carbocycles. The van der Waals surface area contributed by atoms with Crippen molar-refractivity contribution in [3.63, 3.8) is 0 Å². The molecule has 0 unspecified atom stereocenters. The number of para-hydroxylation sites is 1. The molecule has 0 aliphatic heterocycles. The maximum Gasteiger partial charge on any atom is 0.119 e. The third-order valence-electron chi connectivity index (χ3n) is 2.63. The number of nitrogens with zero attached hydrogens (tertiary/aromatic N) is 1. The molecule has 5 heteroatoms. The van der Waals surface area contributed by atoms with Crippen LogP contribution < -0.4 is 10.5 Å². The van der Waals surface area contributed by atoms with E-state index in [9.17, 15) is 0 Å². The van der Waals surface area contributed by atoms with Gasteiger partial charge >= 0.3 is 0 Å². The molecule has 2 N–H and O–H groups in total. The summed E-state index contributed by atoms with van der Waals surface area (Å²) in [5, 5.41) is 1.02. The molecule has 0 bridgehead atoms. The van der Waals surface area contributed by atoms with E-state index in [0.717, 1.165) is 34.2 Å². The lowest BCUT2D eigenvalue weighted by Crippen LogP contribution is -2.09. The lowest BCUT2D eigenvalue weighted by atomic mass is 10.3. The zero-order valence-corrected chi connectivity index (χ0v) is 12.4. The molecule has 0 spiro atoms. The first kappa shape index (κ1) is 14.0. The lowest BCUT2D eigenvalue weighted by Gasteiger charge is -2.03. The molecule has 0 radical (unpaired) electrons. The lowest BCUT2D eigenvalue weighted by molar-refractivity contribution is 0.321. The van der Waals surface area contributed by atoms with E-state index in [2.05, 4.69) is 11.9 Å². The second-order valence-electron chi connectivity index (χ2n) is 4.01. The van der Waals surface area contributed by atoms with Gasteiger partial charge in [-0.25, -0.2) is 4.98 Å². The van der Waals surface area contributed by atoms with E-state index in [1.54, 1.807) is 11.3 Å². The zero-order chi connectivity index (χ0) is 13.7. The average Bonchev–Trinajstić information content (AvgIpc) is 2.83. The van der Waals surface area contributed by atoms with Gasteiger partial charge in [0.05, 0.1) is 22.2 Å². The summed E-state index contributed by atoms with van der Waals surface area (Å²) in [6.07, 6.45) is 1.62. The molecule has 2 aromatic rings. The number of ether oxygens (including phenoxy) is 1. The number of aromatic nitrogens is 1. The molecule has 100 valence electrons. The van der Waals surface area contributed by atoms with Gasteiger partial charge in [-0.3, -0.25) is 0 Å². The van der Waals surface area contributed by atoms with Gasteiger partial charge in [-0.1, -0.05) is 37.3 Å². The van der Waals surface area contributed by atoms with Crippen molar-refractivity contribution in [1.82, 2.24) is 4.98 Å². The van der Waals surface area contributed by atoms with Crippen LogP contribution in [0.4, 0.5) is 0 Å². The summed E-state index contributed by atoms with van der Waals surface area (Å²) in [4.78, 5) is 5.92. The van der Waals surface area contributed by atoms with Crippen LogP contribution in [0.1, 0.15) is 22.5 Å². The summed E-state index contributed by atoms with van der Waals surface area (Å²) >= 11 is 6.61. The van der Waals surface area contributed by atoms with Gasteiger partial charge in [0.1, 0.15) is 10.7 Å². The zero-order valence-electron chi connectivity index (χ0n) is 10.8. The molecule has 0 fully saturated rings. The molecule has 0 saturated heterocycles. The molecule has 1 heterocycles. The third kappa shape index (κ3) is 3.75. The molecular weight excluding hydrogens is 276 g/mol. The van der Waals surface area contributed by atoms with Crippen LogP contribution >= 0.6 is 23.6 Å². The standard InChI is InChI=1S/C14H16N2OS2/c1-2-11-13(14(15)18)19-12(16-11)8-9-17-10-6-4-3-5-7-10/h3-7H,2,8-9H2,1H3,(H2,15,18). The molecule has 0 amide bonds. The first-order chi connectivity index (χ1) is 9.20. The normalized spacial score (nSPS) is 10.4. The van der Waals surface area contributed by atoms with Crippen molar-refractivity contribution in [2.24, 2.45) is 5.73 Å². The molecule has 0 saturated carbocycles. The maximum absolute atomic E-state index is 5.69. The van der Waals surface area contributed by atoms with Gasteiger partial charge in [-0.2, -0.15) is 0 Å². The van der Waals surface area contributed by atoms with Crippen LogP contribution in [0.5, 0.6) is 5.75 Å². The number of nitrogens with two attached hydrogens (primary N) is 1. The Hall–Kier alpha value is -1.46. The number of benzene rings is 1. The number of aryl methyl sites for hydroxylation is 1. The monoisotopic (exact) mass is 292 g/mol. The van der Waals surface area contributed by atoms with Gasteiger partial charge in [-0.15, -0.1) is 11.3 Å². The van der Waals surface area contributed by atoms with Crippen LogP contribution in [0.3, 0.4) is 0 Å². The molecule has 0 aliphatic rings. The van der Waals surface area contributed by atoms with E-state index in [4.69, 9.17) is 22.7 Å². The maximum atomic E-state index is 5.69. The van der Waals surface area contributed by atoms with Crippen molar-refractivity contribution in [1.29, 1.82) is 0 Å². The number of rotatable bonds is 6. The number of thiocarbonyl (C=S) groups is 1. The van der Waals surface area contributed by atoms with Gasteiger partial charge in [-0.05, 0) is 18.6 Å². The topological polar surface area (TPSA) is 48.1 Å². The van der Waals surface area contributed by atoms with E-state index in [1.807, 2.05) is 30.3 Å². The van der Waals surface area contributed by atoms with Crippen molar-refractivity contribution in [3.05, 3.63) is 45.9 Å². The fourth-order valence-electron chi connectivity index (χ4n) is 1.71. The second-order valence-corrected chi connectivity index (χ2v) is 5.54. The van der Waals surface area contributed by atoms with Crippen molar-refractivity contribution >= 4 is 28.5 Å². The molecule has 2 rings (SSSR count). The van der Waals surface area contributed by atoms with Crippen LogP contribution in [-0.2, 0) is 12.8 Å². The number of thiazole rings is 1. The summed E-state index contributed by atoms with van der Waals surface area (Å²) in [6, 6.07) is 9.77. The summed E-state index contributed by atoms with van der Waals surface area (Å²) in [5.74, 6) is 0.879. The minimum atomic E-state index is 0.435. The molecule has 0 aliphatic carbocycles. The van der Waals surface area contributed by atoms with E-state index in [-0.39, 0.29) is 0 Å². The van der Waals surface area contributed by atoms with Crippen LogP contribution in [0.15, 0.2) is 30.3 Å². The minimum absolute atomic E-state index is 0.435. The van der Waals surface area contributed by atoms with Crippen LogP contribution in [0, 0.1) is 0 Å². The fraction of sp³-hybridized carbons (Fsp3) is 0.286. The number of hydrogen-bond donors (Lipinski definition) is 1. The Morgan fingerprint density at radius 2 is 2.11 bits per heavy atom. The smallest absolute Gasteiger partial charge is 0.119 e. The first-order valence-electron chi connectivity index (χ1n) is 6.17. The summed E-state index contributed by atoms with van der Waals surface area (Å²) < 4.78 is 5.66. The van der Waals surface area contributed by atoms with Crippen LogP contribution in [0.2, 0.25) is 0 Å². The average molecular weight is 292 g/mol. The van der Waals surface area contributed by atoms with Crippen LogP contribution in [-0.4, -0.2) is 16.6 Å². The molecule has 0 atom stereocenters. The highest BCUT2D eigenvalue weighted by atomic mass is 32.1. The van der Waals surface area contributed by atoms with Crippen molar-refractivity contribution in [3.8, 4) is 5.75 Å². The summed E-state index contributed by atoms with van der Waals surface area (Å²) in [7, 11) is 0. The van der Waals surface area contributed by atoms with Crippen molar-refractivity contribution in [2.45, 2.75) is 19.8 Å². The van der Waals surface area contributed by atoms with E-state index in [1.165, 1.54) is 0 Å². The largest absolute Gasteiger partial charge is 0.493 e. The predicted octanol–water partition coefficient (Wildman–Crippen LogP) is 2.96. The molecule has 3 nitrogen and oxygen atoms in total. The Kier molecular flexibility index (Phi) is 4.87. The molecular formula is C14H16N2OS2. The SMILES string of the molecule is CCc1nc(CCOc2ccccc2)sc1C(N)=S. The molecule has 19 heavy (non-hydrogen) atoms. The molecule has 1 aromatic heterocycles. The van der Waals surface area contributed by atoms with Gasteiger partial charge in [0.2, 0.25) is 0 Å². The quantitative estimate of drug-likeness (QED) is 0.832. The van der Waals surface area contributed by atoms with E-state index < -0.39 is 0 Å². The van der Waals surface area contributed by atoms with E-state index >= 15 is 0 Å². The number of hydrogen-bond acceptors (Lipinski definition) is 4. The highest BCUT2D eigenvalue weighted by Gasteiger charge is 2.11. The Labute approximate surface area is 122 Å². The van der Waals surface area contributed by atoms with Crippen LogP contribution in [0.25, 0.3) is 0 Å². The first-order valence-corrected chi connectivity index (χ1v) is 7.39. The minimum Gasteiger partial charge on any atom is -0.493 e. The van der Waals surface area contributed by atoms with Gasteiger partial charge in [0.15, 0.2) is 0 Å².